The lowest BCUT2D eigenvalue weighted by Gasteiger charge is -2.53. The van der Waals surface area contributed by atoms with Gasteiger partial charge in [-0.15, -0.1) is 0 Å². The van der Waals surface area contributed by atoms with Gasteiger partial charge in [0.1, 0.15) is 0 Å². The zero-order valence-corrected chi connectivity index (χ0v) is 19.7. The van der Waals surface area contributed by atoms with E-state index in [0.717, 1.165) is 59.4 Å². The van der Waals surface area contributed by atoms with E-state index in [9.17, 15) is 0 Å². The highest BCUT2D eigenvalue weighted by Gasteiger charge is 2.72. The molecule has 0 bridgehead atoms. The van der Waals surface area contributed by atoms with Gasteiger partial charge in [-0.2, -0.15) is 0 Å². The lowest BCUT2D eigenvalue weighted by Crippen LogP contribution is -2.46. The minimum Gasteiger partial charge on any atom is -0.384 e. The summed E-state index contributed by atoms with van der Waals surface area (Å²) in [6, 6.07) is 0. The molecular weight excluding hydrogens is 328 g/mol. The van der Waals surface area contributed by atoms with E-state index in [0.29, 0.717) is 5.41 Å². The average molecular weight is 377 g/mol. The lowest BCUT2D eigenvalue weighted by molar-refractivity contribution is -0.0420. The first kappa shape index (κ1) is 21.7. The monoisotopic (exact) mass is 376 g/mol. The first-order valence-corrected chi connectivity index (χ1v) is 12.2. The quantitative estimate of drug-likeness (QED) is 0.385. The molecule has 0 heterocycles. The molecular formula is C26H48O. The summed E-state index contributed by atoms with van der Waals surface area (Å²) in [6.07, 6.45) is 10.2. The van der Waals surface area contributed by atoms with Crippen LogP contribution in [0.1, 0.15) is 93.4 Å². The van der Waals surface area contributed by atoms with Crippen LogP contribution >= 0.6 is 0 Å². The van der Waals surface area contributed by atoms with Crippen LogP contribution in [0.2, 0.25) is 0 Å². The van der Waals surface area contributed by atoms with E-state index < -0.39 is 0 Å². The Morgan fingerprint density at radius 1 is 1.07 bits per heavy atom. The predicted molar refractivity (Wildman–Crippen MR) is 117 cm³/mol. The standard InChI is InChI=1S/C26H48O/c1-9-18(5)13-26-14-20(10-2)23-24(26)22(15-26)19(6)25(23,7)12-11-21(16-27-8)17(3)4/h17-24H,9-16H2,1-8H3. The summed E-state index contributed by atoms with van der Waals surface area (Å²) in [6.45, 7) is 18.4. The van der Waals surface area contributed by atoms with Crippen molar-refractivity contribution in [2.45, 2.75) is 93.4 Å². The molecule has 158 valence electrons. The Kier molecular flexibility index (Phi) is 6.42. The van der Waals surface area contributed by atoms with Gasteiger partial charge in [-0.05, 0) is 90.3 Å². The Morgan fingerprint density at radius 2 is 1.78 bits per heavy atom. The SMILES string of the molecule is CCC(C)CC12CC(CC)C3C1C(C2)C(C)C3(C)CCC(COC)C(C)C. The zero-order chi connectivity index (χ0) is 20.0. The molecule has 0 aliphatic heterocycles. The lowest BCUT2D eigenvalue weighted by atomic mass is 9.52. The maximum absolute atomic E-state index is 5.57. The van der Waals surface area contributed by atoms with Crippen LogP contribution in [0.3, 0.4) is 0 Å². The highest BCUT2D eigenvalue weighted by atomic mass is 16.5. The number of hydrogen-bond acceptors (Lipinski definition) is 1. The third kappa shape index (κ3) is 3.43. The number of ether oxygens (including phenoxy) is 1. The maximum Gasteiger partial charge on any atom is 0.0492 e. The molecule has 3 saturated carbocycles. The summed E-state index contributed by atoms with van der Waals surface area (Å²) >= 11 is 0. The minimum atomic E-state index is 0.560. The van der Waals surface area contributed by atoms with Crippen molar-refractivity contribution in [2.75, 3.05) is 13.7 Å². The van der Waals surface area contributed by atoms with Gasteiger partial charge in [-0.3, -0.25) is 0 Å². The van der Waals surface area contributed by atoms with Gasteiger partial charge in [0.15, 0.2) is 0 Å². The topological polar surface area (TPSA) is 9.23 Å². The highest BCUT2D eigenvalue weighted by molar-refractivity contribution is 5.21. The fourth-order valence-corrected chi connectivity index (χ4v) is 8.32. The number of methoxy groups -OCH3 is 1. The van der Waals surface area contributed by atoms with Crippen molar-refractivity contribution < 1.29 is 4.74 Å². The van der Waals surface area contributed by atoms with Gasteiger partial charge in [0.25, 0.3) is 0 Å². The largest absolute Gasteiger partial charge is 0.384 e. The summed E-state index contributed by atoms with van der Waals surface area (Å²) in [7, 11) is 1.88. The van der Waals surface area contributed by atoms with E-state index in [-0.39, 0.29) is 0 Å². The fourth-order valence-electron chi connectivity index (χ4n) is 8.32. The molecule has 0 N–H and O–H groups in total. The van der Waals surface area contributed by atoms with Crippen molar-refractivity contribution in [3.63, 3.8) is 0 Å². The zero-order valence-electron chi connectivity index (χ0n) is 19.7. The average Bonchev–Trinajstić information content (AvgIpc) is 2.97. The van der Waals surface area contributed by atoms with Crippen LogP contribution in [-0.2, 0) is 4.74 Å². The minimum absolute atomic E-state index is 0.560. The molecule has 3 rings (SSSR count). The Bertz CT molecular complexity index is 498. The predicted octanol–water partition coefficient (Wildman–Crippen LogP) is 7.45. The van der Waals surface area contributed by atoms with Gasteiger partial charge in [-0.25, -0.2) is 0 Å². The van der Waals surface area contributed by atoms with Gasteiger partial charge in [0.05, 0.1) is 0 Å². The first-order valence-electron chi connectivity index (χ1n) is 12.2. The van der Waals surface area contributed by atoms with Gasteiger partial charge < -0.3 is 4.74 Å². The molecule has 9 unspecified atom stereocenters. The van der Waals surface area contributed by atoms with E-state index in [1.54, 1.807) is 12.8 Å². The van der Waals surface area contributed by atoms with Crippen molar-refractivity contribution in [3.05, 3.63) is 0 Å². The third-order valence-corrected chi connectivity index (χ3v) is 10.2. The van der Waals surface area contributed by atoms with Crippen LogP contribution < -0.4 is 0 Å². The molecule has 3 aliphatic rings. The summed E-state index contributed by atoms with van der Waals surface area (Å²) in [4.78, 5) is 0. The highest BCUT2D eigenvalue weighted by Crippen LogP contribution is 2.79. The summed E-state index contributed by atoms with van der Waals surface area (Å²) in [5.41, 5.74) is 1.28. The van der Waals surface area contributed by atoms with Crippen molar-refractivity contribution in [1.29, 1.82) is 0 Å². The molecule has 0 saturated heterocycles. The normalized spacial score (nSPS) is 45.0. The smallest absolute Gasteiger partial charge is 0.0492 e. The van der Waals surface area contributed by atoms with Crippen LogP contribution in [0.25, 0.3) is 0 Å². The summed E-state index contributed by atoms with van der Waals surface area (Å²) in [5.74, 6) is 7.35. The molecule has 0 spiro atoms. The van der Waals surface area contributed by atoms with Crippen molar-refractivity contribution in [2.24, 2.45) is 58.2 Å². The van der Waals surface area contributed by atoms with Crippen LogP contribution in [0.4, 0.5) is 0 Å². The van der Waals surface area contributed by atoms with Gasteiger partial charge in [0, 0.05) is 13.7 Å². The fraction of sp³-hybridized carbons (Fsp3) is 1.00. The van der Waals surface area contributed by atoms with Crippen molar-refractivity contribution in [3.8, 4) is 0 Å². The van der Waals surface area contributed by atoms with Crippen molar-refractivity contribution >= 4 is 0 Å². The Morgan fingerprint density at radius 3 is 2.33 bits per heavy atom. The third-order valence-electron chi connectivity index (χ3n) is 10.2. The second-order valence-electron chi connectivity index (χ2n) is 11.7. The van der Waals surface area contributed by atoms with E-state index >= 15 is 0 Å². The van der Waals surface area contributed by atoms with Crippen LogP contribution in [-0.4, -0.2) is 13.7 Å². The van der Waals surface area contributed by atoms with Gasteiger partial charge in [-0.1, -0.05) is 61.3 Å². The van der Waals surface area contributed by atoms with E-state index in [1.807, 2.05) is 7.11 Å². The second-order valence-corrected chi connectivity index (χ2v) is 11.7. The molecule has 1 nitrogen and oxygen atoms in total. The van der Waals surface area contributed by atoms with Crippen LogP contribution in [0, 0.1) is 58.2 Å². The first-order chi connectivity index (χ1) is 12.7. The molecule has 0 radical (unpaired) electrons. The molecule has 0 aromatic heterocycles. The molecule has 9 atom stereocenters. The van der Waals surface area contributed by atoms with E-state index in [4.69, 9.17) is 4.74 Å². The Labute approximate surface area is 170 Å². The second kappa shape index (κ2) is 8.00. The molecule has 1 heteroatoms. The Hall–Kier alpha value is -0.0400. The summed E-state index contributed by atoms with van der Waals surface area (Å²) in [5, 5.41) is 0. The van der Waals surface area contributed by atoms with Crippen LogP contribution in [0.15, 0.2) is 0 Å². The summed E-state index contributed by atoms with van der Waals surface area (Å²) < 4.78 is 5.57. The van der Waals surface area contributed by atoms with Gasteiger partial charge in [0.2, 0.25) is 0 Å². The van der Waals surface area contributed by atoms with Crippen LogP contribution in [0.5, 0.6) is 0 Å². The Balaban J connectivity index is 1.79. The van der Waals surface area contributed by atoms with Crippen molar-refractivity contribution in [1.82, 2.24) is 0 Å². The van der Waals surface area contributed by atoms with Gasteiger partial charge >= 0.3 is 0 Å². The molecule has 27 heavy (non-hydrogen) atoms. The molecule has 3 aliphatic carbocycles. The number of hydrogen-bond donors (Lipinski definition) is 0. The molecule has 0 amide bonds. The molecule has 3 fully saturated rings. The number of rotatable bonds is 10. The maximum atomic E-state index is 5.57. The molecule has 0 aromatic rings. The molecule has 0 aromatic carbocycles. The van der Waals surface area contributed by atoms with E-state index in [1.165, 1.54) is 32.1 Å². The van der Waals surface area contributed by atoms with E-state index in [2.05, 4.69) is 48.5 Å².